The van der Waals surface area contributed by atoms with Gasteiger partial charge < -0.3 is 10.1 Å². The molecule has 1 unspecified atom stereocenters. The minimum atomic E-state index is -0.242. The molecule has 0 aromatic heterocycles. The summed E-state index contributed by atoms with van der Waals surface area (Å²) in [4.78, 5) is 15.1. The van der Waals surface area contributed by atoms with Crippen molar-refractivity contribution in [2.75, 3.05) is 19.6 Å². The van der Waals surface area contributed by atoms with Crippen LogP contribution in [0.25, 0.3) is 11.1 Å². The van der Waals surface area contributed by atoms with Gasteiger partial charge in [-0.2, -0.15) is 0 Å². The molecule has 2 atom stereocenters. The normalized spacial score (nSPS) is 26.4. The van der Waals surface area contributed by atoms with Gasteiger partial charge in [-0.05, 0) is 91.8 Å². The Balaban J connectivity index is 1.24. The molecule has 4 heteroatoms. The molecule has 1 amide bonds. The highest BCUT2D eigenvalue weighted by molar-refractivity contribution is 5.69. The number of carbonyl (C=O) groups excluding carboxylic acids is 1. The summed E-state index contributed by atoms with van der Waals surface area (Å²) in [5.74, 6) is 0.542. The highest BCUT2D eigenvalue weighted by Crippen LogP contribution is 2.34. The van der Waals surface area contributed by atoms with Gasteiger partial charge in [0.1, 0.15) is 6.10 Å². The molecular formula is C28H36N2O2. The van der Waals surface area contributed by atoms with E-state index < -0.39 is 0 Å². The number of alkyl carbamates (subject to hydrolysis) is 1. The molecule has 0 spiro atoms. The van der Waals surface area contributed by atoms with Crippen LogP contribution in [0.15, 0.2) is 42.5 Å². The lowest BCUT2D eigenvalue weighted by Gasteiger charge is -2.44. The molecule has 2 bridgehead atoms. The number of hydrogen-bond acceptors (Lipinski definition) is 3. The number of piperidine rings is 3. The van der Waals surface area contributed by atoms with E-state index in [1.54, 1.807) is 0 Å². The summed E-state index contributed by atoms with van der Waals surface area (Å²) in [6, 6.07) is 15.8. The average Bonchev–Trinajstić information content (AvgIpc) is 2.83. The second-order valence-electron chi connectivity index (χ2n) is 9.89. The van der Waals surface area contributed by atoms with Crippen molar-refractivity contribution in [1.82, 2.24) is 10.2 Å². The van der Waals surface area contributed by atoms with E-state index in [4.69, 9.17) is 4.74 Å². The molecule has 2 aromatic rings. The Bertz CT molecular complexity index is 931. The van der Waals surface area contributed by atoms with Crippen LogP contribution in [0.3, 0.4) is 0 Å². The minimum absolute atomic E-state index is 0.0535. The van der Waals surface area contributed by atoms with E-state index in [-0.39, 0.29) is 18.2 Å². The number of nitrogens with zero attached hydrogens (tertiary/aromatic N) is 1. The van der Waals surface area contributed by atoms with Crippen molar-refractivity contribution in [2.24, 2.45) is 5.92 Å². The Labute approximate surface area is 192 Å². The van der Waals surface area contributed by atoms with Crippen LogP contribution in [-0.2, 0) is 17.6 Å². The van der Waals surface area contributed by atoms with E-state index in [9.17, 15) is 4.79 Å². The van der Waals surface area contributed by atoms with Gasteiger partial charge >= 0.3 is 6.09 Å². The van der Waals surface area contributed by atoms with Crippen LogP contribution in [-0.4, -0.2) is 36.7 Å². The fourth-order valence-corrected chi connectivity index (χ4v) is 5.75. The van der Waals surface area contributed by atoms with Crippen molar-refractivity contribution < 1.29 is 9.53 Å². The topological polar surface area (TPSA) is 41.6 Å². The molecule has 1 N–H and O–H groups in total. The number of rotatable bonds is 6. The van der Waals surface area contributed by atoms with Crippen molar-refractivity contribution in [3.05, 3.63) is 59.2 Å². The summed E-state index contributed by atoms with van der Waals surface area (Å²) in [5.41, 5.74) is 6.56. The fraction of sp³-hybridized carbons (Fsp3) is 0.536. The lowest BCUT2D eigenvalue weighted by Crippen LogP contribution is -2.52. The number of fused-ring (bicyclic) bond motifs is 4. The number of benzene rings is 2. The first-order valence-electron chi connectivity index (χ1n) is 12.6. The van der Waals surface area contributed by atoms with Crippen molar-refractivity contribution in [3.8, 4) is 11.1 Å². The zero-order valence-electron chi connectivity index (χ0n) is 19.3. The molecule has 32 heavy (non-hydrogen) atoms. The summed E-state index contributed by atoms with van der Waals surface area (Å²) < 4.78 is 5.88. The number of hydrogen-bond donors (Lipinski definition) is 1. The molecule has 3 saturated heterocycles. The Hall–Kier alpha value is -2.33. The molecule has 3 heterocycles. The molecule has 1 aliphatic carbocycles. The van der Waals surface area contributed by atoms with Crippen LogP contribution in [0.4, 0.5) is 4.79 Å². The lowest BCUT2D eigenvalue weighted by atomic mass is 9.85. The molecular weight excluding hydrogens is 396 g/mol. The summed E-state index contributed by atoms with van der Waals surface area (Å²) in [6.45, 7) is 5.46. The van der Waals surface area contributed by atoms with Crippen molar-refractivity contribution in [2.45, 2.75) is 70.4 Å². The van der Waals surface area contributed by atoms with E-state index in [0.29, 0.717) is 5.92 Å². The van der Waals surface area contributed by atoms with Gasteiger partial charge in [0.2, 0.25) is 0 Å². The first-order valence-corrected chi connectivity index (χ1v) is 12.6. The van der Waals surface area contributed by atoms with E-state index in [0.717, 1.165) is 58.2 Å². The second kappa shape index (κ2) is 9.66. The van der Waals surface area contributed by atoms with Gasteiger partial charge in [-0.25, -0.2) is 4.79 Å². The highest BCUT2D eigenvalue weighted by Gasteiger charge is 2.37. The van der Waals surface area contributed by atoms with E-state index in [2.05, 4.69) is 59.6 Å². The van der Waals surface area contributed by atoms with E-state index >= 15 is 0 Å². The molecule has 6 rings (SSSR count). The van der Waals surface area contributed by atoms with Crippen LogP contribution >= 0.6 is 0 Å². The summed E-state index contributed by atoms with van der Waals surface area (Å²) in [5, 5.41) is 3.19. The molecule has 3 fully saturated rings. The molecule has 0 radical (unpaired) electrons. The van der Waals surface area contributed by atoms with Gasteiger partial charge in [0, 0.05) is 6.54 Å². The molecule has 2 aromatic carbocycles. The van der Waals surface area contributed by atoms with Crippen LogP contribution in [0.5, 0.6) is 0 Å². The van der Waals surface area contributed by atoms with Crippen LogP contribution in [0.2, 0.25) is 0 Å². The lowest BCUT2D eigenvalue weighted by molar-refractivity contribution is -0.0340. The van der Waals surface area contributed by atoms with E-state index in [1.807, 2.05) is 0 Å². The largest absolute Gasteiger partial charge is 0.445 e. The monoisotopic (exact) mass is 432 g/mol. The molecule has 0 saturated carbocycles. The number of nitrogens with one attached hydrogen (secondary N) is 1. The number of amides is 1. The predicted molar refractivity (Wildman–Crippen MR) is 129 cm³/mol. The number of carbonyl (C=O) groups is 1. The van der Waals surface area contributed by atoms with Gasteiger partial charge in [-0.3, -0.25) is 4.90 Å². The van der Waals surface area contributed by atoms with Gasteiger partial charge in [-0.15, -0.1) is 0 Å². The van der Waals surface area contributed by atoms with Gasteiger partial charge in [0.05, 0.1) is 6.04 Å². The number of aryl methyl sites for hydroxylation is 2. The zero-order chi connectivity index (χ0) is 21.9. The predicted octanol–water partition coefficient (Wildman–Crippen LogP) is 5.89. The maximum absolute atomic E-state index is 12.7. The second-order valence-corrected chi connectivity index (χ2v) is 9.89. The Morgan fingerprint density at radius 1 is 1.06 bits per heavy atom. The smallest absolute Gasteiger partial charge is 0.407 e. The van der Waals surface area contributed by atoms with Crippen molar-refractivity contribution in [1.29, 1.82) is 0 Å². The zero-order valence-corrected chi connectivity index (χ0v) is 19.3. The van der Waals surface area contributed by atoms with Crippen LogP contribution in [0.1, 0.15) is 68.2 Å². The number of ether oxygens (including phenoxy) is 1. The van der Waals surface area contributed by atoms with Crippen LogP contribution in [0, 0.1) is 5.92 Å². The van der Waals surface area contributed by atoms with Crippen LogP contribution < -0.4 is 5.32 Å². The third-order valence-corrected chi connectivity index (χ3v) is 7.71. The Kier molecular flexibility index (Phi) is 6.49. The molecule has 170 valence electrons. The quantitative estimate of drug-likeness (QED) is 0.618. The van der Waals surface area contributed by atoms with Crippen molar-refractivity contribution >= 4 is 6.09 Å². The average molecular weight is 433 g/mol. The molecule has 4 nitrogen and oxygen atoms in total. The SMILES string of the molecule is CCCCc1ccc(-c2ccc3c(c2)CCCC3NC(=O)O[C@H]2CN3CCC2CC3)cc1. The fourth-order valence-electron chi connectivity index (χ4n) is 5.75. The third-order valence-electron chi connectivity index (χ3n) is 7.71. The first-order chi connectivity index (χ1) is 15.7. The molecule has 3 aliphatic heterocycles. The maximum atomic E-state index is 12.7. The van der Waals surface area contributed by atoms with E-state index in [1.165, 1.54) is 40.7 Å². The third kappa shape index (κ3) is 4.71. The minimum Gasteiger partial charge on any atom is -0.445 e. The van der Waals surface area contributed by atoms with Gasteiger partial charge in [0.15, 0.2) is 0 Å². The summed E-state index contributed by atoms with van der Waals surface area (Å²) in [6.07, 6.45) is 8.92. The summed E-state index contributed by atoms with van der Waals surface area (Å²) in [7, 11) is 0. The summed E-state index contributed by atoms with van der Waals surface area (Å²) >= 11 is 0. The first kappa shape index (κ1) is 21.5. The molecule has 4 aliphatic rings. The number of unbranched alkanes of at least 4 members (excludes halogenated alkanes) is 1. The van der Waals surface area contributed by atoms with Gasteiger partial charge in [-0.1, -0.05) is 55.8 Å². The Morgan fingerprint density at radius 2 is 1.84 bits per heavy atom. The highest BCUT2D eigenvalue weighted by atomic mass is 16.6. The van der Waals surface area contributed by atoms with Crippen molar-refractivity contribution in [3.63, 3.8) is 0 Å². The van der Waals surface area contributed by atoms with Gasteiger partial charge in [0.25, 0.3) is 0 Å². The standard InChI is InChI=1S/C28H36N2O2/c1-2-3-5-20-8-10-21(11-9-20)23-12-13-25-24(18-23)6-4-7-26(25)29-28(31)32-27-19-30-16-14-22(27)15-17-30/h8-13,18,22,26-27H,2-7,14-17,19H2,1H3,(H,29,31)/t26?,27-/m0/s1. The maximum Gasteiger partial charge on any atom is 0.407 e. The Morgan fingerprint density at radius 3 is 2.56 bits per heavy atom.